The molecule has 2 nitrogen and oxygen atoms in total. The zero-order valence-corrected chi connectivity index (χ0v) is 11.1. The topological polar surface area (TPSA) is 29.3 Å². The number of nitrogens with two attached hydrogens (primary N) is 1. The molecule has 0 aliphatic carbocycles. The molecule has 0 heterocycles. The first-order valence-corrected chi connectivity index (χ1v) is 6.48. The average Bonchev–Trinajstić information content (AvgIpc) is 2.38. The zero-order chi connectivity index (χ0) is 13.7. The van der Waals surface area contributed by atoms with Crippen molar-refractivity contribution in [1.29, 1.82) is 0 Å². The van der Waals surface area contributed by atoms with Gasteiger partial charge in [-0.3, -0.25) is 4.90 Å². The maximum absolute atomic E-state index is 13.3. The highest BCUT2D eigenvalue weighted by atomic mass is 19.1. The van der Waals surface area contributed by atoms with Crippen LogP contribution in [-0.4, -0.2) is 11.4 Å². The van der Waals surface area contributed by atoms with Crippen LogP contribution in [0.5, 0.6) is 0 Å². The molecule has 2 rings (SSSR count). The molecular formula is C16H19FN2. The highest BCUT2D eigenvalue weighted by Crippen LogP contribution is 2.14. The van der Waals surface area contributed by atoms with E-state index >= 15 is 0 Å². The van der Waals surface area contributed by atoms with Crippen molar-refractivity contribution in [2.45, 2.75) is 20.0 Å². The molecule has 2 aromatic carbocycles. The third-order valence-electron chi connectivity index (χ3n) is 3.08. The first-order chi connectivity index (χ1) is 9.17. The highest BCUT2D eigenvalue weighted by Gasteiger charge is 2.06. The van der Waals surface area contributed by atoms with Crippen molar-refractivity contribution in [2.24, 2.45) is 0 Å². The Morgan fingerprint density at radius 3 is 2.32 bits per heavy atom. The summed E-state index contributed by atoms with van der Waals surface area (Å²) in [5.41, 5.74) is 8.32. The molecule has 19 heavy (non-hydrogen) atoms. The average molecular weight is 258 g/mol. The van der Waals surface area contributed by atoms with Gasteiger partial charge in [0.1, 0.15) is 5.82 Å². The van der Waals surface area contributed by atoms with Crippen LogP contribution in [0, 0.1) is 5.82 Å². The Hall–Kier alpha value is -1.87. The Kier molecular flexibility index (Phi) is 4.53. The van der Waals surface area contributed by atoms with E-state index in [0.717, 1.165) is 18.7 Å². The fourth-order valence-corrected chi connectivity index (χ4v) is 2.15. The molecule has 0 aliphatic rings. The van der Waals surface area contributed by atoms with E-state index in [9.17, 15) is 4.39 Å². The van der Waals surface area contributed by atoms with E-state index in [1.165, 1.54) is 11.6 Å². The number of rotatable bonds is 5. The smallest absolute Gasteiger partial charge is 0.125 e. The molecule has 2 aromatic rings. The van der Waals surface area contributed by atoms with Gasteiger partial charge in [0.05, 0.1) is 0 Å². The summed E-state index contributed by atoms with van der Waals surface area (Å²) in [6.07, 6.45) is 0. The summed E-state index contributed by atoms with van der Waals surface area (Å²) in [6.45, 7) is 4.57. The Bertz CT molecular complexity index is 505. The van der Waals surface area contributed by atoms with Gasteiger partial charge in [-0.15, -0.1) is 0 Å². The second-order valence-electron chi connectivity index (χ2n) is 4.68. The minimum atomic E-state index is -0.272. The summed E-state index contributed by atoms with van der Waals surface area (Å²) >= 11 is 0. The lowest BCUT2D eigenvalue weighted by Gasteiger charge is -2.20. The fraction of sp³-hybridized carbons (Fsp3) is 0.250. The van der Waals surface area contributed by atoms with Gasteiger partial charge >= 0.3 is 0 Å². The fourth-order valence-electron chi connectivity index (χ4n) is 2.15. The van der Waals surface area contributed by atoms with Crippen LogP contribution in [0.4, 0.5) is 10.1 Å². The van der Waals surface area contributed by atoms with Gasteiger partial charge in [-0.2, -0.15) is 0 Å². The third kappa shape index (κ3) is 4.07. The number of hydrogen-bond donors (Lipinski definition) is 1. The Morgan fingerprint density at radius 1 is 1.00 bits per heavy atom. The number of hydrogen-bond acceptors (Lipinski definition) is 2. The standard InChI is InChI=1S/C16H19FN2/c1-2-19(11-13-6-4-3-5-7-13)12-14-8-15(17)10-16(18)9-14/h3-10H,2,11-12,18H2,1H3. The van der Waals surface area contributed by atoms with Crippen LogP contribution in [0.3, 0.4) is 0 Å². The Balaban J connectivity index is 2.06. The molecule has 0 unspecified atom stereocenters. The minimum Gasteiger partial charge on any atom is -0.399 e. The van der Waals surface area contributed by atoms with E-state index in [1.807, 2.05) is 24.3 Å². The molecule has 0 amide bonds. The van der Waals surface area contributed by atoms with Gasteiger partial charge in [0.15, 0.2) is 0 Å². The molecule has 3 heteroatoms. The van der Waals surface area contributed by atoms with Crippen molar-refractivity contribution in [2.75, 3.05) is 12.3 Å². The second-order valence-corrected chi connectivity index (χ2v) is 4.68. The zero-order valence-electron chi connectivity index (χ0n) is 11.1. The van der Waals surface area contributed by atoms with Crippen LogP contribution in [0.2, 0.25) is 0 Å². The molecule has 2 N–H and O–H groups in total. The molecular weight excluding hydrogens is 239 g/mol. The summed E-state index contributed by atoms with van der Waals surface area (Å²) in [5, 5.41) is 0. The number of nitrogens with zero attached hydrogens (tertiary/aromatic N) is 1. The third-order valence-corrected chi connectivity index (χ3v) is 3.08. The largest absolute Gasteiger partial charge is 0.399 e. The van der Waals surface area contributed by atoms with Crippen LogP contribution < -0.4 is 5.73 Å². The van der Waals surface area contributed by atoms with E-state index in [-0.39, 0.29) is 5.82 Å². The quantitative estimate of drug-likeness (QED) is 0.832. The van der Waals surface area contributed by atoms with Gasteiger partial charge in [-0.05, 0) is 35.9 Å². The number of anilines is 1. The monoisotopic (exact) mass is 258 g/mol. The molecule has 0 aromatic heterocycles. The molecule has 0 fully saturated rings. The second kappa shape index (κ2) is 6.34. The molecule has 0 saturated carbocycles. The summed E-state index contributed by atoms with van der Waals surface area (Å²) in [4.78, 5) is 2.25. The lowest BCUT2D eigenvalue weighted by molar-refractivity contribution is 0.271. The lowest BCUT2D eigenvalue weighted by atomic mass is 10.1. The van der Waals surface area contributed by atoms with Crippen molar-refractivity contribution in [3.8, 4) is 0 Å². The van der Waals surface area contributed by atoms with Crippen molar-refractivity contribution >= 4 is 5.69 Å². The predicted octanol–water partition coefficient (Wildman–Crippen LogP) is 3.43. The first-order valence-electron chi connectivity index (χ1n) is 6.48. The summed E-state index contributed by atoms with van der Waals surface area (Å²) in [5.74, 6) is -0.272. The van der Waals surface area contributed by atoms with Crippen LogP contribution in [0.1, 0.15) is 18.1 Å². The Labute approximate surface area is 113 Å². The molecule has 0 bridgehead atoms. The van der Waals surface area contributed by atoms with Crippen LogP contribution >= 0.6 is 0 Å². The predicted molar refractivity (Wildman–Crippen MR) is 77.0 cm³/mol. The van der Waals surface area contributed by atoms with Gasteiger partial charge in [0.2, 0.25) is 0 Å². The van der Waals surface area contributed by atoms with Gasteiger partial charge in [0, 0.05) is 18.8 Å². The highest BCUT2D eigenvalue weighted by molar-refractivity contribution is 5.41. The normalized spacial score (nSPS) is 10.9. The van der Waals surface area contributed by atoms with E-state index in [4.69, 9.17) is 5.73 Å². The number of halogens is 1. The molecule has 0 radical (unpaired) electrons. The van der Waals surface area contributed by atoms with Crippen molar-refractivity contribution < 1.29 is 4.39 Å². The van der Waals surface area contributed by atoms with E-state index < -0.39 is 0 Å². The van der Waals surface area contributed by atoms with E-state index in [2.05, 4.69) is 24.0 Å². The SMILES string of the molecule is CCN(Cc1ccccc1)Cc1cc(N)cc(F)c1. The minimum absolute atomic E-state index is 0.272. The van der Waals surface area contributed by atoms with Crippen LogP contribution in [0.15, 0.2) is 48.5 Å². The van der Waals surface area contributed by atoms with Gasteiger partial charge in [0.25, 0.3) is 0 Å². The van der Waals surface area contributed by atoms with Crippen molar-refractivity contribution in [3.63, 3.8) is 0 Å². The van der Waals surface area contributed by atoms with E-state index in [0.29, 0.717) is 12.2 Å². The van der Waals surface area contributed by atoms with Crippen LogP contribution in [0.25, 0.3) is 0 Å². The first kappa shape index (κ1) is 13.6. The van der Waals surface area contributed by atoms with Crippen molar-refractivity contribution in [3.05, 3.63) is 65.5 Å². The molecule has 0 aliphatic heterocycles. The molecule has 0 spiro atoms. The van der Waals surface area contributed by atoms with Gasteiger partial charge in [-0.1, -0.05) is 37.3 Å². The Morgan fingerprint density at radius 2 is 1.68 bits per heavy atom. The maximum atomic E-state index is 13.3. The molecule has 100 valence electrons. The van der Waals surface area contributed by atoms with Crippen LogP contribution in [-0.2, 0) is 13.1 Å². The summed E-state index contributed by atoms with van der Waals surface area (Å²) in [6, 6.07) is 15.0. The summed E-state index contributed by atoms with van der Waals surface area (Å²) < 4.78 is 13.3. The maximum Gasteiger partial charge on any atom is 0.125 e. The number of benzene rings is 2. The lowest BCUT2D eigenvalue weighted by Crippen LogP contribution is -2.22. The molecule has 0 atom stereocenters. The summed E-state index contributed by atoms with van der Waals surface area (Å²) in [7, 11) is 0. The van der Waals surface area contributed by atoms with E-state index in [1.54, 1.807) is 6.07 Å². The number of nitrogen functional groups attached to an aromatic ring is 1. The van der Waals surface area contributed by atoms with Gasteiger partial charge in [-0.25, -0.2) is 4.39 Å². The van der Waals surface area contributed by atoms with Gasteiger partial charge < -0.3 is 5.73 Å². The van der Waals surface area contributed by atoms with Crippen molar-refractivity contribution in [1.82, 2.24) is 4.90 Å². The molecule has 0 saturated heterocycles.